The fraction of sp³-hybridized carbons (Fsp3) is 0.400. The smallest absolute Gasteiger partial charge is 0.160 e. The van der Waals surface area contributed by atoms with Crippen LogP contribution in [-0.2, 0) is 0 Å². The molecule has 0 aliphatic carbocycles. The molecule has 0 amide bonds. The van der Waals surface area contributed by atoms with Crippen molar-refractivity contribution in [2.45, 2.75) is 26.4 Å². The Bertz CT molecular complexity index is 589. The molecule has 20 heavy (non-hydrogen) atoms. The summed E-state index contributed by atoms with van der Waals surface area (Å²) in [6, 6.07) is 5.97. The van der Waals surface area contributed by atoms with Crippen LogP contribution >= 0.6 is 31.9 Å². The Balaban J connectivity index is 2.25. The second-order valence-electron chi connectivity index (χ2n) is 4.70. The molecule has 1 aromatic carbocycles. The molecule has 0 saturated heterocycles. The first-order valence-electron chi connectivity index (χ1n) is 6.73. The highest BCUT2D eigenvalue weighted by Gasteiger charge is 2.14. The molecule has 2 aromatic rings. The van der Waals surface area contributed by atoms with Crippen LogP contribution in [0, 0.1) is 0 Å². The van der Waals surface area contributed by atoms with Crippen molar-refractivity contribution in [1.29, 1.82) is 0 Å². The summed E-state index contributed by atoms with van der Waals surface area (Å²) >= 11 is 7.12. The van der Waals surface area contributed by atoms with Gasteiger partial charge in [0.1, 0.15) is 11.6 Å². The van der Waals surface area contributed by atoms with Crippen LogP contribution in [0.25, 0.3) is 10.9 Å². The minimum absolute atomic E-state index is 0.0873. The van der Waals surface area contributed by atoms with Gasteiger partial charge in [-0.25, -0.2) is 0 Å². The zero-order chi connectivity index (χ0) is 14.5. The van der Waals surface area contributed by atoms with Gasteiger partial charge < -0.3 is 10.1 Å². The zero-order valence-electron chi connectivity index (χ0n) is 11.6. The number of halogens is 2. The highest BCUT2D eigenvalue weighted by molar-refractivity contribution is 9.11. The summed E-state index contributed by atoms with van der Waals surface area (Å²) in [7, 11) is 0. The van der Waals surface area contributed by atoms with Crippen LogP contribution in [0.5, 0.6) is 5.75 Å². The molecular weight excluding hydrogens is 384 g/mol. The lowest BCUT2D eigenvalue weighted by atomic mass is 10.2. The number of pyridine rings is 1. The Labute approximate surface area is 136 Å². The molecule has 1 aromatic heterocycles. The maximum atomic E-state index is 6.07. The summed E-state index contributed by atoms with van der Waals surface area (Å²) in [6.45, 7) is 6.05. The van der Waals surface area contributed by atoms with E-state index in [4.69, 9.17) is 4.74 Å². The molecule has 0 aliphatic heterocycles. The third-order valence-electron chi connectivity index (χ3n) is 2.93. The van der Waals surface area contributed by atoms with Crippen LogP contribution in [0.15, 0.2) is 33.3 Å². The average Bonchev–Trinajstić information content (AvgIpc) is 2.44. The number of nitrogens with one attached hydrogen (secondary N) is 1. The largest absolute Gasteiger partial charge is 0.486 e. The van der Waals surface area contributed by atoms with E-state index in [1.807, 2.05) is 18.2 Å². The molecule has 0 bridgehead atoms. The Morgan fingerprint density at radius 3 is 2.90 bits per heavy atom. The van der Waals surface area contributed by atoms with Gasteiger partial charge in [0.15, 0.2) is 5.75 Å². The summed E-state index contributed by atoms with van der Waals surface area (Å²) in [5, 5.41) is 4.42. The Morgan fingerprint density at radius 1 is 1.35 bits per heavy atom. The summed E-state index contributed by atoms with van der Waals surface area (Å²) in [5.74, 6) is 0.801. The maximum Gasteiger partial charge on any atom is 0.160 e. The molecule has 108 valence electrons. The highest BCUT2D eigenvalue weighted by atomic mass is 79.9. The number of rotatable bonds is 6. The summed E-state index contributed by atoms with van der Waals surface area (Å²) in [5.41, 5.74) is 0.871. The number of aromatic nitrogens is 1. The van der Waals surface area contributed by atoms with Crippen molar-refractivity contribution in [3.8, 4) is 5.75 Å². The Hall–Kier alpha value is -0.650. The van der Waals surface area contributed by atoms with Gasteiger partial charge in [0, 0.05) is 22.6 Å². The Morgan fingerprint density at radius 2 is 2.15 bits per heavy atom. The lowest BCUT2D eigenvalue weighted by Gasteiger charge is -2.18. The lowest BCUT2D eigenvalue weighted by Crippen LogP contribution is -2.29. The van der Waals surface area contributed by atoms with Gasteiger partial charge in [0.2, 0.25) is 0 Å². The quantitative estimate of drug-likeness (QED) is 0.722. The highest BCUT2D eigenvalue weighted by Crippen LogP contribution is 2.37. The first kappa shape index (κ1) is 15.7. The predicted molar refractivity (Wildman–Crippen MR) is 90.4 cm³/mol. The van der Waals surface area contributed by atoms with Crippen molar-refractivity contribution in [2.24, 2.45) is 0 Å². The van der Waals surface area contributed by atoms with Crippen LogP contribution in [-0.4, -0.2) is 24.2 Å². The van der Waals surface area contributed by atoms with Gasteiger partial charge in [-0.05, 0) is 48.0 Å². The molecule has 1 N–H and O–H groups in total. The summed E-state index contributed by atoms with van der Waals surface area (Å²) < 4.78 is 7.99. The molecular formula is C15H18Br2N2O. The van der Waals surface area contributed by atoms with Gasteiger partial charge in [-0.1, -0.05) is 28.9 Å². The van der Waals surface area contributed by atoms with Gasteiger partial charge in [-0.3, -0.25) is 4.98 Å². The second-order valence-corrected chi connectivity index (χ2v) is 6.41. The Kier molecular flexibility index (Phi) is 5.81. The monoisotopic (exact) mass is 400 g/mol. The van der Waals surface area contributed by atoms with E-state index in [2.05, 4.69) is 56.0 Å². The molecule has 0 saturated carbocycles. The standard InChI is InChI=1S/C15H18Br2N2O/c1-3-6-18-9-10(2)20-15-13(17)8-12(16)11-5-4-7-19-14(11)15/h4-5,7-8,10,18H,3,6,9H2,1-2H3. The number of ether oxygens (including phenoxy) is 1. The predicted octanol–water partition coefficient (Wildman–Crippen LogP) is 4.53. The van der Waals surface area contributed by atoms with E-state index < -0.39 is 0 Å². The van der Waals surface area contributed by atoms with E-state index in [1.54, 1.807) is 6.20 Å². The number of fused-ring (bicyclic) bond motifs is 1. The van der Waals surface area contributed by atoms with E-state index in [9.17, 15) is 0 Å². The number of hydrogen-bond acceptors (Lipinski definition) is 3. The fourth-order valence-corrected chi connectivity index (χ4v) is 3.35. The van der Waals surface area contributed by atoms with Crippen molar-refractivity contribution < 1.29 is 4.74 Å². The van der Waals surface area contributed by atoms with Crippen molar-refractivity contribution in [1.82, 2.24) is 10.3 Å². The second kappa shape index (κ2) is 7.38. The molecule has 3 nitrogen and oxygen atoms in total. The van der Waals surface area contributed by atoms with Crippen molar-refractivity contribution in [2.75, 3.05) is 13.1 Å². The third kappa shape index (κ3) is 3.71. The lowest BCUT2D eigenvalue weighted by molar-refractivity contribution is 0.218. The molecule has 0 radical (unpaired) electrons. The molecule has 1 heterocycles. The topological polar surface area (TPSA) is 34.1 Å². The van der Waals surface area contributed by atoms with Gasteiger partial charge in [-0.15, -0.1) is 0 Å². The molecule has 1 unspecified atom stereocenters. The molecule has 0 spiro atoms. The zero-order valence-corrected chi connectivity index (χ0v) is 14.8. The van der Waals surface area contributed by atoms with E-state index >= 15 is 0 Å². The van der Waals surface area contributed by atoms with Crippen LogP contribution < -0.4 is 10.1 Å². The van der Waals surface area contributed by atoms with Crippen molar-refractivity contribution in [3.63, 3.8) is 0 Å². The van der Waals surface area contributed by atoms with Crippen molar-refractivity contribution >= 4 is 42.8 Å². The molecule has 1 atom stereocenters. The van der Waals surface area contributed by atoms with Crippen LogP contribution in [0.1, 0.15) is 20.3 Å². The summed E-state index contributed by atoms with van der Waals surface area (Å²) in [6.07, 6.45) is 3.00. The number of benzene rings is 1. The molecule has 2 rings (SSSR count). The fourth-order valence-electron chi connectivity index (χ4n) is 1.98. The van der Waals surface area contributed by atoms with Gasteiger partial charge >= 0.3 is 0 Å². The van der Waals surface area contributed by atoms with E-state index in [0.29, 0.717) is 0 Å². The van der Waals surface area contributed by atoms with Gasteiger partial charge in [0.05, 0.1) is 4.47 Å². The van der Waals surface area contributed by atoms with E-state index in [-0.39, 0.29) is 6.10 Å². The third-order valence-corrected chi connectivity index (χ3v) is 4.17. The summed E-state index contributed by atoms with van der Waals surface area (Å²) in [4.78, 5) is 4.45. The minimum atomic E-state index is 0.0873. The average molecular weight is 402 g/mol. The molecule has 5 heteroatoms. The van der Waals surface area contributed by atoms with Gasteiger partial charge in [-0.2, -0.15) is 0 Å². The number of nitrogens with zero attached hydrogens (tertiary/aromatic N) is 1. The van der Waals surface area contributed by atoms with E-state index in [0.717, 1.165) is 45.1 Å². The maximum absolute atomic E-state index is 6.07. The molecule has 0 aliphatic rings. The van der Waals surface area contributed by atoms with Crippen LogP contribution in [0.4, 0.5) is 0 Å². The van der Waals surface area contributed by atoms with E-state index in [1.165, 1.54) is 0 Å². The normalized spacial score (nSPS) is 12.6. The SMILES string of the molecule is CCCNCC(C)Oc1c(Br)cc(Br)c2cccnc12. The van der Waals surface area contributed by atoms with Gasteiger partial charge in [0.25, 0.3) is 0 Å². The van der Waals surface area contributed by atoms with Crippen LogP contribution in [0.2, 0.25) is 0 Å². The van der Waals surface area contributed by atoms with Crippen LogP contribution in [0.3, 0.4) is 0 Å². The minimum Gasteiger partial charge on any atom is -0.486 e. The first-order valence-corrected chi connectivity index (χ1v) is 8.32. The first-order chi connectivity index (χ1) is 9.63. The number of hydrogen-bond donors (Lipinski definition) is 1. The van der Waals surface area contributed by atoms with Crippen molar-refractivity contribution in [3.05, 3.63) is 33.3 Å². The molecule has 0 fully saturated rings.